The quantitative estimate of drug-likeness (QED) is 0.370. The van der Waals surface area contributed by atoms with Crippen LogP contribution in [-0.4, -0.2) is 110 Å². The average molecular weight is 496 g/mol. The Morgan fingerprint density at radius 1 is 1.17 bits per heavy atom. The highest BCUT2D eigenvalue weighted by molar-refractivity contribution is 5.78. The average Bonchev–Trinajstić information content (AvgIpc) is 3.52. The number of aromatic nitrogens is 5. The fourth-order valence-corrected chi connectivity index (χ4v) is 4.58. The van der Waals surface area contributed by atoms with Crippen LogP contribution in [0.4, 0.5) is 5.82 Å². The maximum atomic E-state index is 12.8. The van der Waals surface area contributed by atoms with Gasteiger partial charge in [0.1, 0.15) is 11.5 Å². The predicted molar refractivity (Wildman–Crippen MR) is 129 cm³/mol. The number of piperazine rings is 1. The Bertz CT molecular complexity index is 1440. The molecule has 0 unspecified atom stereocenters. The fraction of sp³-hybridized carbons (Fsp3) is 0.522. The first-order valence-corrected chi connectivity index (χ1v) is 12.3. The summed E-state index contributed by atoms with van der Waals surface area (Å²) < 4.78 is 7.07. The second-order valence-electron chi connectivity index (χ2n) is 9.41. The van der Waals surface area contributed by atoms with Gasteiger partial charge >= 0.3 is 5.69 Å². The number of H-pyrrole nitrogens is 2. The van der Waals surface area contributed by atoms with Crippen molar-refractivity contribution in [2.75, 3.05) is 63.9 Å². The molecule has 5 heterocycles. The van der Waals surface area contributed by atoms with Gasteiger partial charge in [0, 0.05) is 50.6 Å². The molecule has 1 amide bonds. The van der Waals surface area contributed by atoms with E-state index in [9.17, 15) is 14.7 Å². The number of ether oxygens (including phenoxy) is 1. The number of nitrogens with zero attached hydrogens (tertiary/aromatic N) is 7. The Kier molecular flexibility index (Phi) is 5.93. The summed E-state index contributed by atoms with van der Waals surface area (Å²) in [5.74, 6) is 0.678. The highest BCUT2D eigenvalue weighted by Gasteiger charge is 2.25. The van der Waals surface area contributed by atoms with Crippen molar-refractivity contribution in [2.45, 2.75) is 18.9 Å². The van der Waals surface area contributed by atoms with Crippen molar-refractivity contribution in [3.63, 3.8) is 0 Å². The van der Waals surface area contributed by atoms with Crippen molar-refractivity contribution in [1.82, 2.24) is 34.4 Å². The van der Waals surface area contributed by atoms with Crippen molar-refractivity contribution in [2.24, 2.45) is 4.99 Å². The molecule has 1 aliphatic carbocycles. The topological polar surface area (TPSA) is 147 Å². The highest BCUT2D eigenvalue weighted by Crippen LogP contribution is 2.23. The molecule has 13 heteroatoms. The number of rotatable bonds is 5. The van der Waals surface area contributed by atoms with Gasteiger partial charge in [-0.2, -0.15) is 9.61 Å². The lowest BCUT2D eigenvalue weighted by atomic mass is 10.3. The molecule has 0 spiro atoms. The number of morpholine rings is 1. The van der Waals surface area contributed by atoms with Crippen LogP contribution < -0.4 is 21.3 Å². The van der Waals surface area contributed by atoms with Gasteiger partial charge in [-0.25, -0.2) is 9.78 Å². The molecule has 6 rings (SSSR count). The SMILES string of the molecule is O=C(CN1CCOCC1)N1CCN(c2cc(=NC3CC3)n3nc/c(=C/c4[nH]c(=O)[nH]c4O)c3n2)CC1. The second kappa shape index (κ2) is 9.39. The van der Waals surface area contributed by atoms with Crippen LogP contribution >= 0.6 is 0 Å². The maximum Gasteiger partial charge on any atom is 0.326 e. The van der Waals surface area contributed by atoms with Crippen LogP contribution in [0.1, 0.15) is 18.5 Å². The lowest BCUT2D eigenvalue weighted by Crippen LogP contribution is -2.52. The van der Waals surface area contributed by atoms with Crippen LogP contribution in [0.15, 0.2) is 22.1 Å². The lowest BCUT2D eigenvalue weighted by Gasteiger charge is -2.36. The molecule has 3 fully saturated rings. The summed E-state index contributed by atoms with van der Waals surface area (Å²) in [7, 11) is 0. The predicted octanol–water partition coefficient (Wildman–Crippen LogP) is -1.96. The van der Waals surface area contributed by atoms with E-state index >= 15 is 0 Å². The molecule has 13 nitrogen and oxygen atoms in total. The number of aromatic amines is 2. The molecule has 0 atom stereocenters. The first-order chi connectivity index (χ1) is 17.5. The van der Waals surface area contributed by atoms with Crippen molar-refractivity contribution in [3.8, 4) is 5.88 Å². The number of nitrogens with one attached hydrogen (secondary N) is 2. The Morgan fingerprint density at radius 3 is 2.64 bits per heavy atom. The lowest BCUT2D eigenvalue weighted by molar-refractivity contribution is -0.133. The molecular formula is C23H29N9O4. The standard InChI is InChI=1S/C23H29N9O4/c33-20(14-29-7-9-36-10-8-29)31-5-3-30(4-6-31)18-12-19(25-16-1-2-16)32-21(27-18)15(13-24-32)11-17-22(34)28-23(35)26-17/h11-13,16,34H,1-10,14H2,(H2,26,28,35)/b15-11-,25-19?. The Labute approximate surface area is 205 Å². The number of hydrogen-bond acceptors (Lipinski definition) is 9. The van der Waals surface area contributed by atoms with Gasteiger partial charge in [0.15, 0.2) is 11.1 Å². The first kappa shape index (κ1) is 22.7. The monoisotopic (exact) mass is 495 g/mol. The van der Waals surface area contributed by atoms with Crippen LogP contribution in [0, 0.1) is 0 Å². The number of imidazole rings is 1. The molecule has 3 N–H and O–H groups in total. The Balaban J connectivity index is 1.26. The van der Waals surface area contributed by atoms with Crippen molar-refractivity contribution in [1.29, 1.82) is 0 Å². The van der Waals surface area contributed by atoms with E-state index in [2.05, 4.69) is 24.9 Å². The second-order valence-corrected chi connectivity index (χ2v) is 9.41. The summed E-state index contributed by atoms with van der Waals surface area (Å²) in [5, 5.41) is 15.1. The maximum absolute atomic E-state index is 12.8. The van der Waals surface area contributed by atoms with Crippen LogP contribution in [-0.2, 0) is 9.53 Å². The third-order valence-electron chi connectivity index (χ3n) is 6.78. The molecule has 3 aromatic rings. The number of hydrogen-bond donors (Lipinski definition) is 3. The van der Waals surface area contributed by atoms with E-state index in [0.717, 1.165) is 37.2 Å². The van der Waals surface area contributed by atoms with Gasteiger partial charge < -0.3 is 24.6 Å². The van der Waals surface area contributed by atoms with Crippen LogP contribution in [0.5, 0.6) is 5.88 Å². The van der Waals surface area contributed by atoms with E-state index in [-0.39, 0.29) is 17.5 Å². The minimum Gasteiger partial charge on any atom is -0.493 e. The van der Waals surface area contributed by atoms with Crippen LogP contribution in [0.3, 0.4) is 0 Å². The Morgan fingerprint density at radius 2 is 1.94 bits per heavy atom. The third kappa shape index (κ3) is 4.71. The van der Waals surface area contributed by atoms with Gasteiger partial charge in [-0.05, 0) is 18.9 Å². The zero-order valence-electron chi connectivity index (χ0n) is 19.9. The summed E-state index contributed by atoms with van der Waals surface area (Å²) in [6.45, 7) is 5.96. The van der Waals surface area contributed by atoms with E-state index in [4.69, 9.17) is 14.7 Å². The smallest absolute Gasteiger partial charge is 0.326 e. The summed E-state index contributed by atoms with van der Waals surface area (Å²) in [4.78, 5) is 45.2. The fourth-order valence-electron chi connectivity index (χ4n) is 4.58. The zero-order valence-corrected chi connectivity index (χ0v) is 19.9. The van der Waals surface area contributed by atoms with Gasteiger partial charge in [0.2, 0.25) is 11.8 Å². The molecule has 1 saturated carbocycles. The molecule has 2 aliphatic heterocycles. The van der Waals surface area contributed by atoms with Gasteiger partial charge in [-0.3, -0.25) is 19.7 Å². The summed E-state index contributed by atoms with van der Waals surface area (Å²) in [5.41, 5.74) is 1.07. The molecule has 0 radical (unpaired) electrons. The minimum absolute atomic E-state index is 0.150. The molecule has 0 bridgehead atoms. The summed E-state index contributed by atoms with van der Waals surface area (Å²) in [6.07, 6.45) is 5.39. The summed E-state index contributed by atoms with van der Waals surface area (Å²) in [6, 6.07) is 2.24. The zero-order chi connectivity index (χ0) is 24.6. The normalized spacial score (nSPS) is 20.6. The van der Waals surface area contributed by atoms with Gasteiger partial charge in [0.25, 0.3) is 0 Å². The van der Waals surface area contributed by atoms with Gasteiger partial charge in [-0.1, -0.05) is 0 Å². The molecule has 3 aromatic heterocycles. The van der Waals surface area contributed by atoms with Crippen LogP contribution in [0.25, 0.3) is 11.7 Å². The van der Waals surface area contributed by atoms with Crippen molar-refractivity contribution in [3.05, 3.63) is 39.1 Å². The number of aromatic hydroxyl groups is 1. The largest absolute Gasteiger partial charge is 0.493 e. The van der Waals surface area contributed by atoms with E-state index in [1.807, 2.05) is 11.0 Å². The molecule has 190 valence electrons. The number of anilines is 1. The summed E-state index contributed by atoms with van der Waals surface area (Å²) >= 11 is 0. The van der Waals surface area contributed by atoms with Crippen molar-refractivity contribution >= 4 is 23.4 Å². The van der Waals surface area contributed by atoms with E-state index in [0.29, 0.717) is 62.8 Å². The third-order valence-corrected chi connectivity index (χ3v) is 6.78. The van der Waals surface area contributed by atoms with E-state index < -0.39 is 5.69 Å². The first-order valence-electron chi connectivity index (χ1n) is 12.3. The number of fused-ring (bicyclic) bond motifs is 1. The van der Waals surface area contributed by atoms with Crippen molar-refractivity contribution < 1.29 is 14.6 Å². The highest BCUT2D eigenvalue weighted by atomic mass is 16.5. The van der Waals surface area contributed by atoms with Gasteiger partial charge in [0.05, 0.1) is 32.0 Å². The number of carbonyl (C=O) groups excluding carboxylic acids is 1. The van der Waals surface area contributed by atoms with E-state index in [1.54, 1.807) is 16.8 Å². The molecule has 2 saturated heterocycles. The van der Waals surface area contributed by atoms with E-state index in [1.165, 1.54) is 0 Å². The Hall–Kier alpha value is -3.71. The number of amides is 1. The number of carbonyl (C=O) groups is 1. The molecule has 0 aromatic carbocycles. The van der Waals surface area contributed by atoms with Gasteiger partial charge in [-0.15, -0.1) is 0 Å². The minimum atomic E-state index is -0.491. The molecule has 3 aliphatic rings. The molecular weight excluding hydrogens is 466 g/mol. The molecule has 36 heavy (non-hydrogen) atoms. The van der Waals surface area contributed by atoms with Crippen LogP contribution in [0.2, 0.25) is 0 Å².